The lowest BCUT2D eigenvalue weighted by Crippen LogP contribution is -2.25. The average molecular weight is 887 g/mol. The van der Waals surface area contributed by atoms with Crippen molar-refractivity contribution < 1.29 is 22.5 Å². The maximum atomic E-state index is 18.2. The van der Waals surface area contributed by atoms with E-state index in [1.54, 1.807) is 59.6 Å². The quantitative estimate of drug-likeness (QED) is 0.152. The monoisotopic (exact) mass is 886 g/mol. The van der Waals surface area contributed by atoms with Gasteiger partial charge in [-0.15, -0.1) is 0 Å². The van der Waals surface area contributed by atoms with Crippen LogP contribution in [-0.4, -0.2) is 16.2 Å². The molecule has 0 saturated heterocycles. The first-order chi connectivity index (χ1) is 36.6. The highest BCUT2D eigenvalue weighted by Gasteiger charge is 2.38. The second kappa shape index (κ2) is 16.2. The molecule has 8 aromatic carbocycles. The van der Waals surface area contributed by atoms with E-state index in [1.165, 1.54) is 18.2 Å². The number of rotatable bonds is 8. The predicted octanol–water partition coefficient (Wildman–Crippen LogP) is 16.5. The third kappa shape index (κ3) is 7.24. The Morgan fingerprint density at radius 3 is 1.82 bits per heavy atom. The van der Waals surface area contributed by atoms with Crippen LogP contribution >= 0.6 is 0 Å². The number of alkyl halides is 2. The lowest BCUT2D eigenvalue weighted by molar-refractivity contribution is 0.0430. The van der Waals surface area contributed by atoms with Crippen molar-refractivity contribution in [1.29, 1.82) is 0 Å². The first kappa shape index (κ1) is 31.9. The third-order valence-corrected chi connectivity index (χ3v) is 12.8. The van der Waals surface area contributed by atoms with Crippen LogP contribution in [0.1, 0.15) is 62.3 Å². The summed E-state index contributed by atoms with van der Waals surface area (Å²) in [5.41, 5.74) is 6.19. The van der Waals surface area contributed by atoms with E-state index in [0.29, 0.717) is 34.0 Å². The molecular weight excluding hydrogens is 827 g/mol. The number of nitrogens with zero attached hydrogens (tertiary/aromatic N) is 4. The number of pyridine rings is 1. The van der Waals surface area contributed by atoms with E-state index in [9.17, 15) is 0 Å². The average Bonchev–Trinajstić information content (AvgIpc) is 3.98. The van der Waals surface area contributed by atoms with Gasteiger partial charge in [0, 0.05) is 44.9 Å². The van der Waals surface area contributed by atoms with Gasteiger partial charge in [0.15, 0.2) is 0 Å². The second-order valence-electron chi connectivity index (χ2n) is 18.0. The minimum atomic E-state index is -3.60. The number of hydrogen-bond acceptors (Lipinski definition) is 3. The lowest BCUT2D eigenvalue weighted by atomic mass is 9.88. The maximum Gasteiger partial charge on any atom is 0.298 e. The van der Waals surface area contributed by atoms with Gasteiger partial charge in [0.05, 0.1) is 41.8 Å². The summed E-state index contributed by atoms with van der Waals surface area (Å²) in [6.07, 6.45) is 1.75. The van der Waals surface area contributed by atoms with Gasteiger partial charge in [-0.05, 0) is 113 Å². The van der Waals surface area contributed by atoms with Gasteiger partial charge in [0.2, 0.25) is 0 Å². The van der Waals surface area contributed by atoms with E-state index < -0.39 is 66.3 Å². The summed E-state index contributed by atoms with van der Waals surface area (Å²) in [5, 5.41) is 1.67. The maximum absolute atomic E-state index is 18.2. The Hall–Kier alpha value is -7.83. The summed E-state index contributed by atoms with van der Waals surface area (Å²) in [5.74, 6) is -3.00. The first-order valence-electron chi connectivity index (χ1n) is 27.1. The van der Waals surface area contributed by atoms with E-state index in [2.05, 4.69) is 20.8 Å². The van der Waals surface area contributed by atoms with Gasteiger partial charge in [0.25, 0.3) is 5.92 Å². The fourth-order valence-corrected chi connectivity index (χ4v) is 9.58. The van der Waals surface area contributed by atoms with Crippen LogP contribution in [0.25, 0.3) is 61.0 Å². The number of fused-ring (bicyclic) bond motifs is 4. The Labute approximate surface area is 405 Å². The molecule has 1 aliphatic rings. The molecule has 10 aromatic rings. The van der Waals surface area contributed by atoms with Crippen LogP contribution in [0.4, 0.5) is 31.5 Å². The molecule has 0 atom stereocenters. The predicted molar refractivity (Wildman–Crippen MR) is 275 cm³/mol. The summed E-state index contributed by atoms with van der Waals surface area (Å²) >= 11 is 0. The molecule has 0 spiro atoms. The van der Waals surface area contributed by atoms with E-state index in [-0.39, 0.29) is 51.2 Å². The van der Waals surface area contributed by atoms with E-state index >= 15 is 8.78 Å². The van der Waals surface area contributed by atoms with E-state index in [0.717, 1.165) is 38.5 Å². The Kier molecular flexibility index (Phi) is 7.75. The smallest absolute Gasteiger partial charge is 0.298 e. The molecule has 3 heterocycles. The van der Waals surface area contributed by atoms with Crippen LogP contribution < -0.4 is 9.80 Å². The summed E-state index contributed by atoms with van der Waals surface area (Å²) in [7, 11) is 0. The van der Waals surface area contributed by atoms with Crippen LogP contribution in [0.2, 0.25) is 0 Å². The zero-order chi connectivity index (χ0) is 54.7. The zero-order valence-electron chi connectivity index (χ0n) is 47.5. The topological polar surface area (TPSA) is 24.3 Å². The van der Waals surface area contributed by atoms with Crippen LogP contribution in [0.5, 0.6) is 0 Å². The van der Waals surface area contributed by atoms with Gasteiger partial charge in [-0.1, -0.05) is 160 Å². The number of halogens is 2. The van der Waals surface area contributed by atoms with Crippen molar-refractivity contribution in [2.24, 2.45) is 0 Å². The molecule has 6 heteroatoms. The molecule has 67 heavy (non-hydrogen) atoms. The van der Waals surface area contributed by atoms with Crippen LogP contribution in [0.15, 0.2) is 200 Å². The second-order valence-corrected chi connectivity index (χ2v) is 18.0. The summed E-state index contributed by atoms with van der Waals surface area (Å²) in [4.78, 5) is 8.40. The minimum Gasteiger partial charge on any atom is -0.321 e. The highest BCUT2D eigenvalue weighted by atomic mass is 19.3. The first-order valence-corrected chi connectivity index (χ1v) is 22.1. The van der Waals surface area contributed by atoms with Gasteiger partial charge < -0.3 is 9.80 Å². The fourth-order valence-electron chi connectivity index (χ4n) is 9.58. The highest BCUT2D eigenvalue weighted by molar-refractivity contribution is 6.09. The highest BCUT2D eigenvalue weighted by Crippen LogP contribution is 2.51. The lowest BCUT2D eigenvalue weighted by Gasteiger charge is -2.28. The number of aryl methyl sites for hydroxylation is 2. The Morgan fingerprint density at radius 2 is 1.15 bits per heavy atom. The molecule has 0 bridgehead atoms. The standard InChI is InChI=1S/C61H50F2N4/c1-40-18-16-19-41(2)58(40)44-34-47(61(62,63)46-30-31-52-51-24-12-13-27-53(51)67(56(52)37-46)57-38-45(32-33-64-57)60(3,4)5)36-48(35-44)65-39-66(55-29-15-14-28-54(55)65)59-49(42-20-8-6-9-21-42)25-17-26-50(59)43-22-10-7-11-23-43/h6-38H,39H2,1-5H3/i6D,7D,8D,9D,10D,11D,20D,21D,22D,23D. The molecule has 0 saturated carbocycles. The molecular formula is C61H50F2N4. The molecule has 1 aliphatic heterocycles. The summed E-state index contributed by atoms with van der Waals surface area (Å²) < 4.78 is 126. The minimum absolute atomic E-state index is 0.116. The van der Waals surface area contributed by atoms with Crippen LogP contribution in [0.3, 0.4) is 0 Å². The van der Waals surface area contributed by atoms with Crippen molar-refractivity contribution in [2.45, 2.75) is 46.0 Å². The normalized spacial score (nSPS) is 15.0. The molecule has 0 amide bonds. The number of hydrogen-bond donors (Lipinski definition) is 0. The Balaban J connectivity index is 1.14. The Bertz CT molecular complexity index is 3950. The van der Waals surface area contributed by atoms with Gasteiger partial charge in [-0.3, -0.25) is 4.57 Å². The van der Waals surface area contributed by atoms with Gasteiger partial charge in [-0.2, -0.15) is 8.78 Å². The molecule has 0 N–H and O–H groups in total. The van der Waals surface area contributed by atoms with E-state index in [4.69, 9.17) is 18.7 Å². The zero-order valence-corrected chi connectivity index (χ0v) is 37.5. The fraction of sp³-hybridized carbons (Fsp3) is 0.131. The molecule has 0 fully saturated rings. The molecule has 2 aromatic heterocycles. The third-order valence-electron chi connectivity index (χ3n) is 12.8. The number of aromatic nitrogens is 2. The summed E-state index contributed by atoms with van der Waals surface area (Å²) in [6.45, 7) is 10.1. The van der Waals surface area contributed by atoms with Gasteiger partial charge in [-0.25, -0.2) is 4.98 Å². The number of para-hydroxylation sites is 4. The molecule has 0 radical (unpaired) electrons. The van der Waals surface area contributed by atoms with Crippen molar-refractivity contribution in [3.05, 3.63) is 228 Å². The van der Waals surface area contributed by atoms with Gasteiger partial charge >= 0.3 is 0 Å². The molecule has 0 aliphatic carbocycles. The van der Waals surface area contributed by atoms with Crippen molar-refractivity contribution in [3.63, 3.8) is 0 Å². The van der Waals surface area contributed by atoms with Gasteiger partial charge in [0.1, 0.15) is 12.5 Å². The van der Waals surface area contributed by atoms with Crippen molar-refractivity contribution in [3.8, 4) is 39.2 Å². The van der Waals surface area contributed by atoms with Crippen LogP contribution in [-0.2, 0) is 11.3 Å². The molecule has 0 unspecified atom stereocenters. The molecule has 328 valence electrons. The number of benzene rings is 8. The van der Waals surface area contributed by atoms with Crippen molar-refractivity contribution in [2.75, 3.05) is 16.5 Å². The number of anilines is 4. The van der Waals surface area contributed by atoms with Crippen molar-refractivity contribution >= 4 is 44.6 Å². The Morgan fingerprint density at radius 1 is 0.537 bits per heavy atom. The largest absolute Gasteiger partial charge is 0.321 e. The van der Waals surface area contributed by atoms with Crippen LogP contribution in [0, 0.1) is 13.8 Å². The van der Waals surface area contributed by atoms with Crippen molar-refractivity contribution in [1.82, 2.24) is 9.55 Å². The SMILES string of the molecule is [2H]c1c([2H])c([2H])c(-c2cccc(-c3c([2H])c([2H])c([2H])c([2H])c3[2H])c2N2CN(c3cc(-c4c(C)cccc4C)cc(C(F)(F)c4ccc5c6ccccc6n(-c6cc(C(C)(C)C)ccn6)c5c4)c3)c3ccccc32)c([2H])c1[2H]. The summed E-state index contributed by atoms with van der Waals surface area (Å²) in [6, 6.07) is 33.5. The molecule has 4 nitrogen and oxygen atoms in total. The molecule has 11 rings (SSSR count). The van der Waals surface area contributed by atoms with E-state index in [1.807, 2.05) is 90.0 Å².